The molecule has 1 rings (SSSR count). The number of para-hydroxylation sites is 1. The Bertz CT molecular complexity index is 522. The smallest absolute Gasteiger partial charge is 0.311 e. The first-order valence-electron chi connectivity index (χ1n) is 9.41. The van der Waals surface area contributed by atoms with E-state index in [0.717, 1.165) is 44.1 Å². The molecule has 0 radical (unpaired) electrons. The largest absolute Gasteiger partial charge is 0.465 e. The van der Waals surface area contributed by atoms with Gasteiger partial charge in [0.15, 0.2) is 0 Å². The number of rotatable bonds is 12. The van der Waals surface area contributed by atoms with Gasteiger partial charge < -0.3 is 9.47 Å². The van der Waals surface area contributed by atoms with E-state index in [4.69, 9.17) is 9.47 Å². The maximum Gasteiger partial charge on any atom is 0.311 e. The molecule has 0 aromatic heterocycles. The van der Waals surface area contributed by atoms with E-state index >= 15 is 0 Å². The molecule has 0 unspecified atom stereocenters. The number of hydrogen-bond donors (Lipinski definition) is 0. The number of unbranched alkanes of at least 4 members (excludes halogenated alkanes) is 5. The first kappa shape index (κ1) is 21.2. The van der Waals surface area contributed by atoms with Crippen LogP contribution in [0.3, 0.4) is 0 Å². The van der Waals surface area contributed by atoms with E-state index in [1.165, 1.54) is 0 Å². The Morgan fingerprint density at radius 2 is 1.44 bits per heavy atom. The van der Waals surface area contributed by atoms with Crippen molar-refractivity contribution < 1.29 is 19.1 Å². The van der Waals surface area contributed by atoms with E-state index < -0.39 is 0 Å². The van der Waals surface area contributed by atoms with Crippen molar-refractivity contribution in [3.8, 4) is 5.75 Å². The highest BCUT2D eigenvalue weighted by atomic mass is 16.5. The molecule has 4 heteroatoms. The van der Waals surface area contributed by atoms with Gasteiger partial charge in [-0.05, 0) is 37.3 Å². The molecule has 1 aromatic carbocycles. The van der Waals surface area contributed by atoms with E-state index in [1.807, 2.05) is 45.0 Å². The summed E-state index contributed by atoms with van der Waals surface area (Å²) in [5.41, 5.74) is 0.975. The van der Waals surface area contributed by atoms with E-state index in [1.54, 1.807) is 0 Å². The third kappa shape index (κ3) is 10.6. The molecule has 0 aliphatic rings. The van der Waals surface area contributed by atoms with Crippen LogP contribution >= 0.6 is 0 Å². The Morgan fingerprint density at radius 1 is 0.880 bits per heavy atom. The van der Waals surface area contributed by atoms with Crippen molar-refractivity contribution in [3.05, 3.63) is 29.8 Å². The van der Waals surface area contributed by atoms with Gasteiger partial charge in [-0.15, -0.1) is 0 Å². The highest BCUT2D eigenvalue weighted by Crippen LogP contribution is 2.17. The first-order chi connectivity index (χ1) is 12.0. The van der Waals surface area contributed by atoms with Gasteiger partial charge in [0, 0.05) is 12.8 Å². The summed E-state index contributed by atoms with van der Waals surface area (Å²) >= 11 is 0. The lowest BCUT2D eigenvalue weighted by Gasteiger charge is -2.07. The van der Waals surface area contributed by atoms with E-state index in [9.17, 15) is 9.59 Å². The third-order valence-corrected chi connectivity index (χ3v) is 3.91. The molecule has 0 bridgehead atoms. The Labute approximate surface area is 151 Å². The minimum atomic E-state index is -0.165. The van der Waals surface area contributed by atoms with Gasteiger partial charge in [-0.1, -0.05) is 57.7 Å². The van der Waals surface area contributed by atoms with E-state index in [-0.39, 0.29) is 11.9 Å². The van der Waals surface area contributed by atoms with Crippen LogP contribution in [0, 0.1) is 12.8 Å². The molecular weight excluding hydrogens is 316 g/mol. The molecule has 0 heterocycles. The second kappa shape index (κ2) is 12.5. The molecule has 0 amide bonds. The molecule has 1 aromatic rings. The molecule has 0 N–H and O–H groups in total. The topological polar surface area (TPSA) is 52.6 Å². The van der Waals surface area contributed by atoms with Crippen LogP contribution < -0.4 is 4.74 Å². The molecule has 0 saturated heterocycles. The third-order valence-electron chi connectivity index (χ3n) is 3.91. The summed E-state index contributed by atoms with van der Waals surface area (Å²) in [6.07, 6.45) is 6.91. The maximum absolute atomic E-state index is 11.8. The van der Waals surface area contributed by atoms with Gasteiger partial charge >= 0.3 is 11.9 Å². The average Bonchev–Trinajstić information content (AvgIpc) is 2.57. The fraction of sp³-hybridized carbons (Fsp3) is 0.619. The molecule has 0 atom stereocenters. The second-order valence-electron chi connectivity index (χ2n) is 6.94. The van der Waals surface area contributed by atoms with E-state index in [2.05, 4.69) is 0 Å². The highest BCUT2D eigenvalue weighted by Gasteiger charge is 2.07. The number of benzene rings is 1. The van der Waals surface area contributed by atoms with Gasteiger partial charge in [-0.25, -0.2) is 0 Å². The number of carbonyl (C=O) groups is 2. The van der Waals surface area contributed by atoms with Crippen LogP contribution in [-0.4, -0.2) is 18.5 Å². The van der Waals surface area contributed by atoms with E-state index in [0.29, 0.717) is 31.1 Å². The van der Waals surface area contributed by atoms with Crippen LogP contribution in [0.1, 0.15) is 70.8 Å². The predicted octanol–water partition coefficient (Wildman–Crippen LogP) is 5.22. The van der Waals surface area contributed by atoms with Crippen molar-refractivity contribution in [1.29, 1.82) is 0 Å². The summed E-state index contributed by atoms with van der Waals surface area (Å²) < 4.78 is 10.5. The van der Waals surface area contributed by atoms with Gasteiger partial charge in [0.2, 0.25) is 0 Å². The normalized spacial score (nSPS) is 10.7. The standard InChI is InChI=1S/C21H32O4/c1-17(2)16-24-20(22)14-8-6-4-5-7-9-15-21(23)25-19-13-11-10-12-18(19)3/h10-13,17H,4-9,14-16H2,1-3H3. The first-order valence-corrected chi connectivity index (χ1v) is 9.41. The molecule has 0 aliphatic carbocycles. The summed E-state index contributed by atoms with van der Waals surface area (Å²) in [5, 5.41) is 0. The molecule has 0 spiro atoms. The number of hydrogen-bond acceptors (Lipinski definition) is 4. The molecule has 0 fully saturated rings. The number of ether oxygens (including phenoxy) is 2. The minimum absolute atomic E-state index is 0.0901. The van der Waals surface area contributed by atoms with Crippen LogP contribution in [-0.2, 0) is 14.3 Å². The zero-order chi connectivity index (χ0) is 18.5. The summed E-state index contributed by atoms with van der Waals surface area (Å²) in [7, 11) is 0. The number of aryl methyl sites for hydroxylation is 1. The Kier molecular flexibility index (Phi) is 10.6. The summed E-state index contributed by atoms with van der Waals surface area (Å²) in [6.45, 7) is 6.51. The van der Waals surface area contributed by atoms with Gasteiger partial charge in [-0.3, -0.25) is 9.59 Å². The Hall–Kier alpha value is -1.84. The lowest BCUT2D eigenvalue weighted by molar-refractivity contribution is -0.144. The number of carbonyl (C=O) groups excluding carboxylic acids is 2. The molecular formula is C21H32O4. The van der Waals surface area contributed by atoms with Gasteiger partial charge in [-0.2, -0.15) is 0 Å². The van der Waals surface area contributed by atoms with Crippen molar-refractivity contribution in [3.63, 3.8) is 0 Å². The lowest BCUT2D eigenvalue weighted by Crippen LogP contribution is -2.09. The fourth-order valence-electron chi connectivity index (χ4n) is 2.42. The monoisotopic (exact) mass is 348 g/mol. The van der Waals surface area contributed by atoms with Gasteiger partial charge in [0.1, 0.15) is 5.75 Å². The zero-order valence-corrected chi connectivity index (χ0v) is 15.9. The van der Waals surface area contributed by atoms with Crippen molar-refractivity contribution in [1.82, 2.24) is 0 Å². The lowest BCUT2D eigenvalue weighted by atomic mass is 10.1. The van der Waals surface area contributed by atoms with Gasteiger partial charge in [0.05, 0.1) is 6.61 Å². The second-order valence-corrected chi connectivity index (χ2v) is 6.94. The maximum atomic E-state index is 11.8. The molecule has 4 nitrogen and oxygen atoms in total. The average molecular weight is 348 g/mol. The molecule has 140 valence electrons. The Balaban J connectivity index is 1.97. The fourth-order valence-corrected chi connectivity index (χ4v) is 2.42. The molecule has 0 saturated carbocycles. The van der Waals surface area contributed by atoms with Crippen molar-refractivity contribution in [2.75, 3.05) is 6.61 Å². The molecule has 0 aliphatic heterocycles. The highest BCUT2D eigenvalue weighted by molar-refractivity contribution is 5.72. The van der Waals surface area contributed by atoms with Crippen LogP contribution in [0.15, 0.2) is 24.3 Å². The Morgan fingerprint density at radius 3 is 2.04 bits per heavy atom. The summed E-state index contributed by atoms with van der Waals surface area (Å²) in [6, 6.07) is 7.55. The van der Waals surface area contributed by atoms with Crippen molar-refractivity contribution in [2.45, 2.75) is 72.1 Å². The van der Waals surface area contributed by atoms with Crippen LogP contribution in [0.25, 0.3) is 0 Å². The van der Waals surface area contributed by atoms with Crippen molar-refractivity contribution in [2.24, 2.45) is 5.92 Å². The summed E-state index contributed by atoms with van der Waals surface area (Å²) in [5.74, 6) is 0.785. The predicted molar refractivity (Wildman–Crippen MR) is 99.5 cm³/mol. The quantitative estimate of drug-likeness (QED) is 0.295. The zero-order valence-electron chi connectivity index (χ0n) is 15.9. The SMILES string of the molecule is Cc1ccccc1OC(=O)CCCCCCCCC(=O)OCC(C)C. The van der Waals surface area contributed by atoms with Crippen LogP contribution in [0.4, 0.5) is 0 Å². The van der Waals surface area contributed by atoms with Crippen LogP contribution in [0.5, 0.6) is 5.75 Å². The van der Waals surface area contributed by atoms with Gasteiger partial charge in [0.25, 0.3) is 0 Å². The molecule has 25 heavy (non-hydrogen) atoms. The number of esters is 2. The minimum Gasteiger partial charge on any atom is -0.465 e. The van der Waals surface area contributed by atoms with Crippen LogP contribution in [0.2, 0.25) is 0 Å². The summed E-state index contributed by atoms with van der Waals surface area (Å²) in [4.78, 5) is 23.3. The van der Waals surface area contributed by atoms with Crippen molar-refractivity contribution >= 4 is 11.9 Å².